The third-order valence-corrected chi connectivity index (χ3v) is 3.22. The van der Waals surface area contributed by atoms with Crippen LogP contribution in [-0.2, 0) is 4.74 Å². The summed E-state index contributed by atoms with van der Waals surface area (Å²) >= 11 is 0. The van der Waals surface area contributed by atoms with Crippen molar-refractivity contribution in [1.82, 2.24) is 0 Å². The average Bonchev–Trinajstić information content (AvgIpc) is 1.56. The molecule has 2 heteroatoms. The summed E-state index contributed by atoms with van der Waals surface area (Å²) in [4.78, 5) is 0. The molecule has 0 amide bonds. The third-order valence-electron chi connectivity index (χ3n) is 3.22. The molecule has 2 bridgehead atoms. The molecule has 0 aromatic carbocycles. The predicted molar refractivity (Wildman–Crippen MR) is 39.6 cm³/mol. The Kier molecular flexibility index (Phi) is 1.29. The predicted octanol–water partition coefficient (Wildman–Crippen LogP) is 0.760. The lowest BCUT2D eigenvalue weighted by Crippen LogP contribution is -2.62. The molecule has 0 radical (unpaired) electrons. The number of hydrogen-bond donors (Lipinski definition) is 1. The summed E-state index contributed by atoms with van der Waals surface area (Å²) in [5.41, 5.74) is 6.47. The molecule has 0 aromatic rings. The van der Waals surface area contributed by atoms with Crippen LogP contribution in [0.15, 0.2) is 0 Å². The van der Waals surface area contributed by atoms with Gasteiger partial charge in [-0.1, -0.05) is 0 Å². The van der Waals surface area contributed by atoms with E-state index in [-0.39, 0.29) is 0 Å². The zero-order valence-corrected chi connectivity index (χ0v) is 6.47. The third kappa shape index (κ3) is 0.663. The van der Waals surface area contributed by atoms with E-state index in [1.54, 1.807) is 7.11 Å². The van der Waals surface area contributed by atoms with Crippen LogP contribution in [0.25, 0.3) is 0 Å². The van der Waals surface area contributed by atoms with Gasteiger partial charge in [-0.2, -0.15) is 0 Å². The minimum absolute atomic E-state index is 0.308. The summed E-state index contributed by atoms with van der Waals surface area (Å²) in [6.07, 6.45) is 4.12. The van der Waals surface area contributed by atoms with Crippen LogP contribution < -0.4 is 5.73 Å². The molecular weight excluding hydrogens is 126 g/mol. The second-order valence-electron chi connectivity index (χ2n) is 3.90. The molecule has 3 rings (SSSR count). The van der Waals surface area contributed by atoms with Crippen LogP contribution in [0.1, 0.15) is 19.3 Å². The van der Waals surface area contributed by atoms with Crippen molar-refractivity contribution in [3.63, 3.8) is 0 Å². The van der Waals surface area contributed by atoms with Crippen LogP contribution in [0.2, 0.25) is 0 Å². The smallest absolute Gasteiger partial charge is 0.0619 e. The molecule has 2 nitrogen and oxygen atoms in total. The van der Waals surface area contributed by atoms with Crippen LogP contribution in [0.4, 0.5) is 0 Å². The fourth-order valence-electron chi connectivity index (χ4n) is 2.36. The highest BCUT2D eigenvalue weighted by atomic mass is 16.5. The van der Waals surface area contributed by atoms with Gasteiger partial charge in [0.05, 0.1) is 6.61 Å². The van der Waals surface area contributed by atoms with Crippen LogP contribution >= 0.6 is 0 Å². The van der Waals surface area contributed by atoms with Crippen molar-refractivity contribution in [1.29, 1.82) is 0 Å². The Morgan fingerprint density at radius 2 is 2.20 bits per heavy atom. The van der Waals surface area contributed by atoms with Gasteiger partial charge in [-0.25, -0.2) is 0 Å². The number of rotatable bonds is 3. The molecule has 1 atom stereocenters. The highest BCUT2D eigenvalue weighted by molar-refractivity contribution is 5.11. The summed E-state index contributed by atoms with van der Waals surface area (Å²) in [5.74, 6) is 1.03. The van der Waals surface area contributed by atoms with Crippen molar-refractivity contribution >= 4 is 0 Å². The van der Waals surface area contributed by atoms with Gasteiger partial charge in [0, 0.05) is 13.2 Å². The van der Waals surface area contributed by atoms with Crippen LogP contribution in [0.3, 0.4) is 0 Å². The lowest BCUT2D eigenvalue weighted by atomic mass is 9.42. The highest BCUT2D eigenvalue weighted by Gasteiger charge is 2.59. The molecule has 0 spiro atoms. The summed E-state index contributed by atoms with van der Waals surface area (Å²) in [5, 5.41) is 0. The Labute approximate surface area is 61.7 Å². The molecular formula is C8H15NO. The molecule has 3 aliphatic rings. The number of hydrogen-bond acceptors (Lipinski definition) is 2. The number of nitrogens with two attached hydrogens (primary N) is 1. The molecule has 0 aliphatic heterocycles. The lowest BCUT2D eigenvalue weighted by Gasteiger charge is -2.64. The first-order chi connectivity index (χ1) is 4.77. The van der Waals surface area contributed by atoms with Crippen molar-refractivity contribution < 1.29 is 4.74 Å². The first-order valence-electron chi connectivity index (χ1n) is 4.01. The van der Waals surface area contributed by atoms with Gasteiger partial charge in [-0.3, -0.25) is 0 Å². The van der Waals surface area contributed by atoms with Crippen molar-refractivity contribution in [3.05, 3.63) is 0 Å². The van der Waals surface area contributed by atoms with E-state index in [1.165, 1.54) is 19.3 Å². The molecule has 3 aliphatic carbocycles. The quantitative estimate of drug-likeness (QED) is 0.629. The standard InChI is InChI=1S/C8H15NO/c1-10-5-7(9)8-2-6(3-8)4-8/h6-7H,2-5,9H2,1H3. The van der Waals surface area contributed by atoms with E-state index in [4.69, 9.17) is 10.5 Å². The van der Waals surface area contributed by atoms with E-state index < -0.39 is 0 Å². The van der Waals surface area contributed by atoms with E-state index in [0.29, 0.717) is 11.5 Å². The average molecular weight is 141 g/mol. The molecule has 3 saturated carbocycles. The highest BCUT2D eigenvalue weighted by Crippen LogP contribution is 2.65. The zero-order valence-electron chi connectivity index (χ0n) is 6.47. The Morgan fingerprint density at radius 1 is 1.60 bits per heavy atom. The van der Waals surface area contributed by atoms with E-state index in [9.17, 15) is 0 Å². The van der Waals surface area contributed by atoms with Crippen molar-refractivity contribution in [3.8, 4) is 0 Å². The molecule has 0 heterocycles. The van der Waals surface area contributed by atoms with Gasteiger partial charge in [0.2, 0.25) is 0 Å². The van der Waals surface area contributed by atoms with Gasteiger partial charge in [-0.05, 0) is 30.6 Å². The molecule has 10 heavy (non-hydrogen) atoms. The maximum Gasteiger partial charge on any atom is 0.0619 e. The maximum absolute atomic E-state index is 5.94. The van der Waals surface area contributed by atoms with Crippen LogP contribution in [0, 0.1) is 11.3 Å². The first-order valence-corrected chi connectivity index (χ1v) is 4.01. The van der Waals surface area contributed by atoms with E-state index in [0.717, 1.165) is 12.5 Å². The summed E-state index contributed by atoms with van der Waals surface area (Å²) < 4.78 is 5.03. The van der Waals surface area contributed by atoms with Gasteiger partial charge in [0.1, 0.15) is 0 Å². The van der Waals surface area contributed by atoms with Crippen molar-refractivity contribution in [2.75, 3.05) is 13.7 Å². The molecule has 3 fully saturated rings. The lowest BCUT2D eigenvalue weighted by molar-refractivity contribution is -0.135. The molecule has 1 unspecified atom stereocenters. The second-order valence-corrected chi connectivity index (χ2v) is 3.90. The van der Waals surface area contributed by atoms with Gasteiger partial charge in [0.25, 0.3) is 0 Å². The Morgan fingerprint density at radius 3 is 2.50 bits per heavy atom. The summed E-state index contributed by atoms with van der Waals surface area (Å²) in [7, 11) is 1.73. The topological polar surface area (TPSA) is 35.2 Å². The zero-order chi connectivity index (χ0) is 7.19. The monoisotopic (exact) mass is 141 g/mol. The first kappa shape index (κ1) is 6.62. The molecule has 2 N–H and O–H groups in total. The summed E-state index contributed by atoms with van der Waals surface area (Å²) in [6, 6.07) is 0.308. The van der Waals surface area contributed by atoms with E-state index >= 15 is 0 Å². The Hall–Kier alpha value is -0.0800. The summed E-state index contributed by atoms with van der Waals surface area (Å²) in [6.45, 7) is 0.743. The van der Waals surface area contributed by atoms with E-state index in [2.05, 4.69) is 0 Å². The minimum Gasteiger partial charge on any atom is -0.383 e. The van der Waals surface area contributed by atoms with Crippen molar-refractivity contribution in [2.24, 2.45) is 17.1 Å². The number of ether oxygens (including phenoxy) is 1. The van der Waals surface area contributed by atoms with Crippen LogP contribution in [0.5, 0.6) is 0 Å². The largest absolute Gasteiger partial charge is 0.383 e. The Balaban J connectivity index is 1.86. The molecule has 58 valence electrons. The fourth-order valence-corrected chi connectivity index (χ4v) is 2.36. The van der Waals surface area contributed by atoms with Gasteiger partial charge < -0.3 is 10.5 Å². The fraction of sp³-hybridized carbons (Fsp3) is 1.00. The second kappa shape index (κ2) is 1.95. The molecule has 0 aromatic heterocycles. The molecule has 0 saturated heterocycles. The minimum atomic E-state index is 0.308. The maximum atomic E-state index is 5.94. The SMILES string of the molecule is COCC(N)C12CC(C1)C2. The normalized spacial score (nSPS) is 45.6. The van der Waals surface area contributed by atoms with Gasteiger partial charge in [0.15, 0.2) is 0 Å². The van der Waals surface area contributed by atoms with Gasteiger partial charge >= 0.3 is 0 Å². The van der Waals surface area contributed by atoms with Gasteiger partial charge in [-0.15, -0.1) is 0 Å². The number of methoxy groups -OCH3 is 1. The van der Waals surface area contributed by atoms with Crippen LogP contribution in [-0.4, -0.2) is 19.8 Å². The Bertz CT molecular complexity index is 129. The van der Waals surface area contributed by atoms with Crippen molar-refractivity contribution in [2.45, 2.75) is 25.3 Å². The van der Waals surface area contributed by atoms with E-state index in [1.807, 2.05) is 0 Å².